The van der Waals surface area contributed by atoms with Gasteiger partial charge in [-0.25, -0.2) is 4.98 Å². The number of likely N-dealkylation sites (N-methyl/N-ethyl adjacent to an activating group) is 1. The van der Waals surface area contributed by atoms with Gasteiger partial charge in [0.15, 0.2) is 0 Å². The van der Waals surface area contributed by atoms with Gasteiger partial charge < -0.3 is 14.2 Å². The van der Waals surface area contributed by atoms with E-state index in [-0.39, 0.29) is 5.54 Å². The fourth-order valence-electron chi connectivity index (χ4n) is 2.26. The zero-order valence-electron chi connectivity index (χ0n) is 13.5. The first-order valence-corrected chi connectivity index (χ1v) is 7.69. The Kier molecular flexibility index (Phi) is 4.79. The summed E-state index contributed by atoms with van der Waals surface area (Å²) in [4.78, 5) is 6.95. The molecule has 0 saturated carbocycles. The second-order valence-corrected chi connectivity index (χ2v) is 6.49. The minimum atomic E-state index is 0.0256. The molecule has 2 aromatic rings. The molecule has 1 heterocycles. The van der Waals surface area contributed by atoms with E-state index < -0.39 is 0 Å². The van der Waals surface area contributed by atoms with Crippen molar-refractivity contribution in [3.63, 3.8) is 0 Å². The third-order valence-corrected chi connectivity index (χ3v) is 4.30. The lowest BCUT2D eigenvalue weighted by atomic mass is 10.0. The molecular formula is C16H24ClN3O. The third-order valence-electron chi connectivity index (χ3n) is 4.11. The van der Waals surface area contributed by atoms with E-state index in [1.54, 1.807) is 7.11 Å². The summed E-state index contributed by atoms with van der Waals surface area (Å²) in [5.41, 5.74) is 2.12. The molecule has 0 saturated heterocycles. The van der Waals surface area contributed by atoms with E-state index in [1.165, 1.54) is 0 Å². The second kappa shape index (κ2) is 6.24. The molecule has 2 rings (SSSR count). The highest BCUT2D eigenvalue weighted by Crippen LogP contribution is 2.25. The van der Waals surface area contributed by atoms with Gasteiger partial charge in [0.1, 0.15) is 11.6 Å². The third kappa shape index (κ3) is 3.33. The summed E-state index contributed by atoms with van der Waals surface area (Å²) in [6, 6.07) is 6.00. The van der Waals surface area contributed by atoms with Crippen LogP contribution in [0, 0.1) is 0 Å². The fraction of sp³-hybridized carbons (Fsp3) is 0.562. The topological polar surface area (TPSA) is 30.3 Å². The number of rotatable bonds is 6. The molecule has 0 aliphatic heterocycles. The van der Waals surface area contributed by atoms with Crippen molar-refractivity contribution in [1.29, 1.82) is 0 Å². The van der Waals surface area contributed by atoms with Crippen molar-refractivity contribution in [2.24, 2.45) is 0 Å². The molecule has 116 valence electrons. The van der Waals surface area contributed by atoms with Gasteiger partial charge in [0, 0.05) is 30.5 Å². The van der Waals surface area contributed by atoms with Crippen LogP contribution in [0.3, 0.4) is 0 Å². The molecule has 0 atom stereocenters. The molecule has 0 aliphatic carbocycles. The van der Waals surface area contributed by atoms with Crippen LogP contribution in [0.25, 0.3) is 11.0 Å². The Bertz CT molecular complexity index is 619. The van der Waals surface area contributed by atoms with Crippen LogP contribution in [-0.4, -0.2) is 47.1 Å². The van der Waals surface area contributed by atoms with E-state index in [2.05, 4.69) is 37.4 Å². The Hall–Kier alpha value is -1.26. The largest absolute Gasteiger partial charge is 0.497 e. The predicted octanol–water partition coefficient (Wildman–Crippen LogP) is 3.17. The van der Waals surface area contributed by atoms with Gasteiger partial charge in [0.25, 0.3) is 0 Å². The van der Waals surface area contributed by atoms with Crippen molar-refractivity contribution in [1.82, 2.24) is 14.5 Å². The number of aryl methyl sites for hydroxylation is 1. The maximum atomic E-state index is 5.94. The highest BCUT2D eigenvalue weighted by atomic mass is 35.5. The highest BCUT2D eigenvalue weighted by Gasteiger charge is 2.24. The summed E-state index contributed by atoms with van der Waals surface area (Å²) < 4.78 is 7.61. The number of fused-ring (bicyclic) bond motifs is 1. The molecule has 0 bridgehead atoms. The van der Waals surface area contributed by atoms with Crippen LogP contribution >= 0.6 is 11.6 Å². The van der Waals surface area contributed by atoms with Gasteiger partial charge in [0.2, 0.25) is 0 Å². The lowest BCUT2D eigenvalue weighted by Gasteiger charge is -2.33. The number of hydrogen-bond donors (Lipinski definition) is 0. The lowest BCUT2D eigenvalue weighted by Crippen LogP contribution is -2.42. The van der Waals surface area contributed by atoms with Gasteiger partial charge in [-0.05, 0) is 40.1 Å². The average molecular weight is 310 g/mol. The molecular weight excluding hydrogens is 286 g/mol. The van der Waals surface area contributed by atoms with Gasteiger partial charge in [-0.15, -0.1) is 11.6 Å². The van der Waals surface area contributed by atoms with Crippen LogP contribution < -0.4 is 4.74 Å². The van der Waals surface area contributed by atoms with Gasteiger partial charge in [-0.1, -0.05) is 0 Å². The van der Waals surface area contributed by atoms with Crippen molar-refractivity contribution < 1.29 is 4.74 Å². The van der Waals surface area contributed by atoms with Crippen LogP contribution in [0.1, 0.15) is 19.7 Å². The minimum Gasteiger partial charge on any atom is -0.497 e. The van der Waals surface area contributed by atoms with Gasteiger partial charge in [0.05, 0.1) is 18.1 Å². The normalized spacial score (nSPS) is 12.3. The fourth-order valence-corrected chi connectivity index (χ4v) is 2.43. The molecule has 0 amide bonds. The maximum Gasteiger partial charge on any atom is 0.121 e. The van der Waals surface area contributed by atoms with E-state index in [0.29, 0.717) is 5.88 Å². The maximum absolute atomic E-state index is 5.94. The number of hydrogen-bond acceptors (Lipinski definition) is 3. The quantitative estimate of drug-likeness (QED) is 0.768. The van der Waals surface area contributed by atoms with Crippen LogP contribution in [0.15, 0.2) is 18.2 Å². The molecule has 1 aromatic heterocycles. The number of nitrogens with zero attached hydrogens (tertiary/aromatic N) is 3. The summed E-state index contributed by atoms with van der Waals surface area (Å²) in [6.07, 6.45) is 0.766. The average Bonchev–Trinajstić information content (AvgIpc) is 2.76. The molecule has 5 heteroatoms. The number of methoxy groups -OCH3 is 1. The van der Waals surface area contributed by atoms with Gasteiger partial charge in [-0.3, -0.25) is 0 Å². The zero-order chi connectivity index (χ0) is 15.6. The highest BCUT2D eigenvalue weighted by molar-refractivity contribution is 6.17. The van der Waals surface area contributed by atoms with Crippen LogP contribution in [0.5, 0.6) is 5.75 Å². The molecule has 0 radical (unpaired) electrons. The number of imidazole rings is 1. The summed E-state index contributed by atoms with van der Waals surface area (Å²) in [6.45, 7) is 5.31. The van der Waals surface area contributed by atoms with Crippen LogP contribution in [-0.2, 0) is 13.0 Å². The molecule has 0 spiro atoms. The molecule has 1 aromatic carbocycles. The first kappa shape index (κ1) is 16.1. The van der Waals surface area contributed by atoms with E-state index >= 15 is 0 Å². The Morgan fingerprint density at radius 3 is 2.62 bits per heavy atom. The lowest BCUT2D eigenvalue weighted by molar-refractivity contribution is 0.170. The first-order valence-electron chi connectivity index (χ1n) is 7.15. The smallest absolute Gasteiger partial charge is 0.121 e. The molecule has 0 N–H and O–H groups in total. The molecule has 0 aliphatic rings. The van der Waals surface area contributed by atoms with Crippen LogP contribution in [0.2, 0.25) is 0 Å². The van der Waals surface area contributed by atoms with Gasteiger partial charge in [-0.2, -0.15) is 0 Å². The predicted molar refractivity (Wildman–Crippen MR) is 88.5 cm³/mol. The SMILES string of the molecule is COc1ccc2nc(CCCl)n(CC(C)(C)N(C)C)c2c1. The monoisotopic (exact) mass is 309 g/mol. The Balaban J connectivity index is 2.53. The second-order valence-electron chi connectivity index (χ2n) is 6.11. The van der Waals surface area contributed by atoms with E-state index in [9.17, 15) is 0 Å². The van der Waals surface area contributed by atoms with E-state index in [0.717, 1.165) is 35.6 Å². The Morgan fingerprint density at radius 2 is 2.05 bits per heavy atom. The molecule has 0 fully saturated rings. The molecule has 0 unspecified atom stereocenters. The van der Waals surface area contributed by atoms with Crippen LogP contribution in [0.4, 0.5) is 0 Å². The number of aromatic nitrogens is 2. The van der Waals surface area contributed by atoms with Crippen molar-refractivity contribution in [2.45, 2.75) is 32.4 Å². The summed E-state index contributed by atoms with van der Waals surface area (Å²) >= 11 is 5.94. The summed E-state index contributed by atoms with van der Waals surface area (Å²) in [5, 5.41) is 0. The Labute approximate surface area is 131 Å². The van der Waals surface area contributed by atoms with Gasteiger partial charge >= 0.3 is 0 Å². The number of benzene rings is 1. The minimum absolute atomic E-state index is 0.0256. The van der Waals surface area contributed by atoms with Crippen molar-refractivity contribution >= 4 is 22.6 Å². The van der Waals surface area contributed by atoms with Crippen molar-refractivity contribution in [3.8, 4) is 5.75 Å². The number of ether oxygens (including phenoxy) is 1. The summed E-state index contributed by atoms with van der Waals surface area (Å²) in [7, 11) is 5.88. The molecule has 21 heavy (non-hydrogen) atoms. The van der Waals surface area contributed by atoms with E-state index in [4.69, 9.17) is 21.3 Å². The standard InChI is InChI=1S/C16H24ClN3O/c1-16(2,19(3)4)11-20-14-10-12(21-5)6-7-13(14)18-15(20)8-9-17/h6-7,10H,8-9,11H2,1-5H3. The van der Waals surface area contributed by atoms with Crippen molar-refractivity contribution in [2.75, 3.05) is 27.1 Å². The first-order chi connectivity index (χ1) is 9.89. The zero-order valence-corrected chi connectivity index (χ0v) is 14.2. The number of halogens is 1. The van der Waals surface area contributed by atoms with E-state index in [1.807, 2.05) is 18.2 Å². The molecule has 4 nitrogen and oxygen atoms in total. The Morgan fingerprint density at radius 1 is 1.33 bits per heavy atom. The van der Waals surface area contributed by atoms with Crippen molar-refractivity contribution in [3.05, 3.63) is 24.0 Å². The number of alkyl halides is 1. The summed E-state index contributed by atoms with van der Waals surface area (Å²) in [5.74, 6) is 2.45.